The highest BCUT2D eigenvalue weighted by atomic mass is 19.4. The number of rotatable bonds is 1. The molecule has 0 aromatic heterocycles. The van der Waals surface area contributed by atoms with E-state index in [0.717, 1.165) is 0 Å². The second-order valence-electron chi connectivity index (χ2n) is 3.66. The van der Waals surface area contributed by atoms with E-state index in [1.165, 1.54) is 12.2 Å². The second kappa shape index (κ2) is 4.75. The van der Waals surface area contributed by atoms with E-state index in [2.05, 4.69) is 4.74 Å². The summed E-state index contributed by atoms with van der Waals surface area (Å²) in [5.74, 6) is -2.38. The van der Waals surface area contributed by atoms with Crippen LogP contribution in [0.2, 0.25) is 0 Å². The van der Waals surface area contributed by atoms with Crippen molar-refractivity contribution in [3.63, 3.8) is 0 Å². The van der Waals surface area contributed by atoms with Gasteiger partial charge in [-0.15, -0.1) is 0 Å². The lowest BCUT2D eigenvalue weighted by Gasteiger charge is -2.38. The van der Waals surface area contributed by atoms with Gasteiger partial charge in [0.2, 0.25) is 0 Å². The Morgan fingerprint density at radius 2 is 1.88 bits per heavy atom. The third-order valence-electron chi connectivity index (χ3n) is 2.37. The van der Waals surface area contributed by atoms with E-state index in [0.29, 0.717) is 0 Å². The summed E-state index contributed by atoms with van der Waals surface area (Å²) in [7, 11) is 0. The minimum atomic E-state index is -5.19. The molecule has 0 aromatic rings. The van der Waals surface area contributed by atoms with Gasteiger partial charge in [-0.3, -0.25) is 4.79 Å². The maximum absolute atomic E-state index is 13.3. The van der Waals surface area contributed by atoms with E-state index in [1.54, 1.807) is 0 Å². The number of nitrogens with one attached hydrogen (secondary N) is 1. The fourth-order valence-electron chi connectivity index (χ4n) is 1.43. The topological polar surface area (TPSA) is 78.8 Å². The summed E-state index contributed by atoms with van der Waals surface area (Å²) in [4.78, 5) is 10.6. The van der Waals surface area contributed by atoms with Crippen LogP contribution in [-0.4, -0.2) is 53.0 Å². The predicted molar refractivity (Wildman–Crippen MR) is 45.4 cm³/mol. The zero-order valence-corrected chi connectivity index (χ0v) is 8.61. The van der Waals surface area contributed by atoms with E-state index in [9.17, 15) is 27.5 Å². The largest absolute Gasteiger partial charge is 0.471 e. The SMILES string of the molecule is C[C@@H]1O[C@H](O)[C@@H](F)[C@H](NC(=O)C(F)(F)F)[C@@H]1O. The van der Waals surface area contributed by atoms with Gasteiger partial charge in [-0.25, -0.2) is 4.39 Å². The van der Waals surface area contributed by atoms with E-state index in [-0.39, 0.29) is 0 Å². The summed E-state index contributed by atoms with van der Waals surface area (Å²) in [6.45, 7) is 1.23. The Morgan fingerprint density at radius 3 is 2.35 bits per heavy atom. The number of hydrogen-bond donors (Lipinski definition) is 3. The quantitative estimate of drug-likeness (QED) is 0.554. The Labute approximate surface area is 93.4 Å². The number of aliphatic hydroxyl groups excluding tert-OH is 2. The van der Waals surface area contributed by atoms with Gasteiger partial charge < -0.3 is 20.3 Å². The number of halogens is 4. The molecule has 0 aromatic carbocycles. The van der Waals surface area contributed by atoms with Crippen molar-refractivity contribution in [1.29, 1.82) is 0 Å². The lowest BCUT2D eigenvalue weighted by atomic mass is 9.98. The highest BCUT2D eigenvalue weighted by Crippen LogP contribution is 2.23. The first-order valence-electron chi connectivity index (χ1n) is 4.68. The third-order valence-corrected chi connectivity index (χ3v) is 2.37. The molecule has 0 aliphatic carbocycles. The molecule has 100 valence electrons. The van der Waals surface area contributed by atoms with Crippen molar-refractivity contribution in [2.75, 3.05) is 0 Å². The van der Waals surface area contributed by atoms with Gasteiger partial charge in [-0.2, -0.15) is 13.2 Å². The summed E-state index contributed by atoms with van der Waals surface area (Å²) in [5.41, 5.74) is 0. The highest BCUT2D eigenvalue weighted by Gasteiger charge is 2.48. The molecule has 17 heavy (non-hydrogen) atoms. The van der Waals surface area contributed by atoms with Gasteiger partial charge >= 0.3 is 12.1 Å². The molecule has 1 amide bonds. The summed E-state index contributed by atoms with van der Waals surface area (Å²) >= 11 is 0. The minimum absolute atomic E-state index is 1.10. The van der Waals surface area contributed by atoms with Crippen LogP contribution in [0.4, 0.5) is 17.6 Å². The first kappa shape index (κ1) is 14.1. The van der Waals surface area contributed by atoms with E-state index in [1.807, 2.05) is 0 Å². The van der Waals surface area contributed by atoms with Gasteiger partial charge in [0.05, 0.1) is 12.1 Å². The summed E-state index contributed by atoms with van der Waals surface area (Å²) in [6.07, 6.45) is -12.3. The Hall–Kier alpha value is -0.930. The Bertz CT molecular complexity index is 284. The van der Waals surface area contributed by atoms with Crippen molar-refractivity contribution in [3.8, 4) is 0 Å². The number of ether oxygens (including phenoxy) is 1. The van der Waals surface area contributed by atoms with Crippen LogP contribution in [0.15, 0.2) is 0 Å². The van der Waals surface area contributed by atoms with Gasteiger partial charge in [-0.05, 0) is 6.92 Å². The van der Waals surface area contributed by atoms with Crippen molar-refractivity contribution in [3.05, 3.63) is 0 Å². The van der Waals surface area contributed by atoms with Crippen LogP contribution in [0, 0.1) is 0 Å². The number of alkyl halides is 4. The zero-order chi connectivity index (χ0) is 13.4. The van der Waals surface area contributed by atoms with Gasteiger partial charge in [0.15, 0.2) is 12.5 Å². The van der Waals surface area contributed by atoms with Crippen LogP contribution < -0.4 is 5.32 Å². The van der Waals surface area contributed by atoms with Crippen molar-refractivity contribution in [2.24, 2.45) is 0 Å². The Morgan fingerprint density at radius 1 is 1.35 bits per heavy atom. The summed E-state index contributed by atoms with van der Waals surface area (Å²) in [6, 6.07) is -1.87. The molecule has 3 N–H and O–H groups in total. The Kier molecular flexibility index (Phi) is 3.95. The molecule has 9 heteroatoms. The molecule has 1 fully saturated rings. The molecule has 5 nitrogen and oxygen atoms in total. The maximum Gasteiger partial charge on any atom is 0.471 e. The molecule has 0 bridgehead atoms. The third kappa shape index (κ3) is 3.05. The lowest BCUT2D eigenvalue weighted by molar-refractivity contribution is -0.237. The molecule has 1 aliphatic rings. The van der Waals surface area contributed by atoms with Crippen LogP contribution in [-0.2, 0) is 9.53 Å². The summed E-state index contributed by atoms with van der Waals surface area (Å²) in [5, 5.41) is 19.7. The minimum Gasteiger partial charge on any atom is -0.388 e. The standard InChI is InChI=1S/C8H11F4NO4/c1-2-5(14)4(3(9)6(15)17-2)13-7(16)8(10,11)12/h2-6,14-15H,1H3,(H,13,16)/t2-,3-,4-,5+,6-/m0/s1. The molecule has 1 rings (SSSR count). The normalized spacial score (nSPS) is 38.9. The van der Waals surface area contributed by atoms with Gasteiger partial charge in [0.1, 0.15) is 6.10 Å². The number of carbonyl (C=O) groups is 1. The fourth-order valence-corrected chi connectivity index (χ4v) is 1.43. The number of hydrogen-bond acceptors (Lipinski definition) is 4. The van der Waals surface area contributed by atoms with Crippen LogP contribution in [0.1, 0.15) is 6.92 Å². The van der Waals surface area contributed by atoms with Crippen molar-refractivity contribution < 1.29 is 37.3 Å². The van der Waals surface area contributed by atoms with Crippen LogP contribution in [0.3, 0.4) is 0 Å². The van der Waals surface area contributed by atoms with Crippen LogP contribution >= 0.6 is 0 Å². The first-order chi connectivity index (χ1) is 7.64. The maximum atomic E-state index is 13.3. The number of amides is 1. The van der Waals surface area contributed by atoms with Crippen LogP contribution in [0.5, 0.6) is 0 Å². The molecule has 5 atom stereocenters. The van der Waals surface area contributed by atoms with Crippen molar-refractivity contribution in [2.45, 2.75) is 43.8 Å². The molecule has 0 spiro atoms. The Balaban J connectivity index is 2.76. The molecular weight excluding hydrogens is 250 g/mol. The monoisotopic (exact) mass is 261 g/mol. The lowest BCUT2D eigenvalue weighted by Crippen LogP contribution is -2.63. The van der Waals surface area contributed by atoms with E-state index >= 15 is 0 Å². The molecule has 1 saturated heterocycles. The molecule has 1 heterocycles. The number of aliphatic hydroxyl groups is 2. The zero-order valence-electron chi connectivity index (χ0n) is 8.61. The van der Waals surface area contributed by atoms with Gasteiger partial charge in [0.25, 0.3) is 0 Å². The van der Waals surface area contributed by atoms with E-state index in [4.69, 9.17) is 5.11 Å². The average molecular weight is 261 g/mol. The van der Waals surface area contributed by atoms with Gasteiger partial charge in [-0.1, -0.05) is 0 Å². The smallest absolute Gasteiger partial charge is 0.388 e. The molecular formula is C8H11F4NO4. The predicted octanol–water partition coefficient (Wildman–Crippen LogP) is -0.530. The average Bonchev–Trinajstić information content (AvgIpc) is 2.20. The number of carbonyl (C=O) groups excluding carboxylic acids is 1. The summed E-state index contributed by atoms with van der Waals surface area (Å²) < 4.78 is 53.6. The fraction of sp³-hybridized carbons (Fsp3) is 0.875. The second-order valence-corrected chi connectivity index (χ2v) is 3.66. The molecule has 0 radical (unpaired) electrons. The first-order valence-corrected chi connectivity index (χ1v) is 4.68. The molecule has 0 saturated carbocycles. The van der Waals surface area contributed by atoms with E-state index < -0.39 is 42.8 Å². The van der Waals surface area contributed by atoms with Crippen molar-refractivity contribution >= 4 is 5.91 Å². The van der Waals surface area contributed by atoms with Crippen molar-refractivity contribution in [1.82, 2.24) is 5.32 Å². The molecule has 0 unspecified atom stereocenters. The highest BCUT2D eigenvalue weighted by molar-refractivity contribution is 5.82. The van der Waals surface area contributed by atoms with Gasteiger partial charge in [0, 0.05) is 0 Å². The van der Waals surface area contributed by atoms with Crippen LogP contribution in [0.25, 0.3) is 0 Å². The molecule has 1 aliphatic heterocycles.